The van der Waals surface area contributed by atoms with Gasteiger partial charge in [0.05, 0.1) is 18.2 Å². The van der Waals surface area contributed by atoms with Gasteiger partial charge in [-0.3, -0.25) is 0 Å². The maximum atomic E-state index is 11.1. The minimum atomic E-state index is -1.06. The number of carbonyl (C=O) groups excluding carboxylic acids is 1. The van der Waals surface area contributed by atoms with Crippen molar-refractivity contribution in [2.45, 2.75) is 6.92 Å². The minimum Gasteiger partial charge on any atom is -0.478 e. The first-order valence-corrected chi connectivity index (χ1v) is 3.98. The van der Waals surface area contributed by atoms with Crippen molar-refractivity contribution in [1.29, 1.82) is 0 Å². The number of hydrogen-bond donors (Lipinski definition) is 1. The Bertz CT molecular complexity index is 382. The SMILES string of the molecule is COC(=O)c1cc(C)cc(C(=O)O)c1. The quantitative estimate of drug-likeness (QED) is 0.724. The van der Waals surface area contributed by atoms with E-state index < -0.39 is 11.9 Å². The number of carboxylic acid groups (broad SMARTS) is 1. The van der Waals surface area contributed by atoms with Gasteiger partial charge in [-0.15, -0.1) is 0 Å². The lowest BCUT2D eigenvalue weighted by Crippen LogP contribution is -2.05. The molecule has 1 aromatic rings. The monoisotopic (exact) mass is 194 g/mol. The molecule has 1 rings (SSSR count). The molecule has 0 aromatic heterocycles. The second kappa shape index (κ2) is 3.91. The maximum absolute atomic E-state index is 11.1. The topological polar surface area (TPSA) is 63.6 Å². The van der Waals surface area contributed by atoms with E-state index in [4.69, 9.17) is 5.11 Å². The van der Waals surface area contributed by atoms with E-state index in [0.29, 0.717) is 5.56 Å². The van der Waals surface area contributed by atoms with Gasteiger partial charge >= 0.3 is 11.9 Å². The van der Waals surface area contributed by atoms with Crippen molar-refractivity contribution in [3.05, 3.63) is 34.9 Å². The van der Waals surface area contributed by atoms with Crippen LogP contribution in [0.25, 0.3) is 0 Å². The van der Waals surface area contributed by atoms with Gasteiger partial charge in [-0.25, -0.2) is 9.59 Å². The highest BCUT2D eigenvalue weighted by Gasteiger charge is 2.10. The van der Waals surface area contributed by atoms with Crippen LogP contribution in [-0.4, -0.2) is 24.2 Å². The number of carbonyl (C=O) groups is 2. The highest BCUT2D eigenvalue weighted by molar-refractivity contribution is 5.94. The molecule has 4 heteroatoms. The number of benzene rings is 1. The number of ether oxygens (including phenoxy) is 1. The van der Waals surface area contributed by atoms with Crippen LogP contribution in [0.3, 0.4) is 0 Å². The predicted molar refractivity (Wildman–Crippen MR) is 49.5 cm³/mol. The van der Waals surface area contributed by atoms with Gasteiger partial charge in [-0.05, 0) is 30.7 Å². The molecule has 4 nitrogen and oxygen atoms in total. The minimum absolute atomic E-state index is 0.0883. The first-order valence-electron chi connectivity index (χ1n) is 3.98. The van der Waals surface area contributed by atoms with Crippen molar-refractivity contribution >= 4 is 11.9 Å². The Balaban J connectivity index is 3.20. The Labute approximate surface area is 81.1 Å². The molecule has 14 heavy (non-hydrogen) atoms. The van der Waals surface area contributed by atoms with E-state index in [1.807, 2.05) is 0 Å². The number of hydrogen-bond acceptors (Lipinski definition) is 3. The fraction of sp³-hybridized carbons (Fsp3) is 0.200. The van der Waals surface area contributed by atoms with E-state index in [1.54, 1.807) is 13.0 Å². The largest absolute Gasteiger partial charge is 0.478 e. The molecule has 74 valence electrons. The van der Waals surface area contributed by atoms with Crippen LogP contribution in [0.15, 0.2) is 18.2 Å². The number of methoxy groups -OCH3 is 1. The molecule has 0 aliphatic rings. The third-order valence-electron chi connectivity index (χ3n) is 1.75. The average Bonchev–Trinajstić information content (AvgIpc) is 2.15. The first kappa shape index (κ1) is 10.2. The lowest BCUT2D eigenvalue weighted by Gasteiger charge is -2.02. The lowest BCUT2D eigenvalue weighted by atomic mass is 10.1. The van der Waals surface area contributed by atoms with Gasteiger partial charge in [0.1, 0.15) is 0 Å². The Morgan fingerprint density at radius 3 is 2.29 bits per heavy atom. The average molecular weight is 194 g/mol. The Kier molecular flexibility index (Phi) is 2.86. The van der Waals surface area contributed by atoms with E-state index in [0.717, 1.165) is 0 Å². The molecular weight excluding hydrogens is 184 g/mol. The van der Waals surface area contributed by atoms with Crippen LogP contribution in [0.1, 0.15) is 26.3 Å². The molecule has 0 aliphatic heterocycles. The lowest BCUT2D eigenvalue weighted by molar-refractivity contribution is 0.0600. The van der Waals surface area contributed by atoms with Crippen LogP contribution >= 0.6 is 0 Å². The zero-order valence-electron chi connectivity index (χ0n) is 7.90. The molecule has 0 bridgehead atoms. The molecule has 0 spiro atoms. The molecule has 0 unspecified atom stereocenters. The van der Waals surface area contributed by atoms with Crippen molar-refractivity contribution in [2.24, 2.45) is 0 Å². The highest BCUT2D eigenvalue weighted by Crippen LogP contribution is 2.10. The van der Waals surface area contributed by atoms with Crippen molar-refractivity contribution in [1.82, 2.24) is 0 Å². The summed E-state index contributed by atoms with van der Waals surface area (Å²) in [5.74, 6) is -1.59. The zero-order chi connectivity index (χ0) is 10.7. The third-order valence-corrected chi connectivity index (χ3v) is 1.75. The van der Waals surface area contributed by atoms with Gasteiger partial charge in [0, 0.05) is 0 Å². The van der Waals surface area contributed by atoms with Gasteiger partial charge in [0.25, 0.3) is 0 Å². The van der Waals surface area contributed by atoms with Gasteiger partial charge in [0.2, 0.25) is 0 Å². The van der Waals surface area contributed by atoms with Gasteiger partial charge in [-0.2, -0.15) is 0 Å². The van der Waals surface area contributed by atoms with Crippen LogP contribution in [-0.2, 0) is 4.74 Å². The number of carboxylic acids is 1. The number of aryl methyl sites for hydroxylation is 1. The summed E-state index contributed by atoms with van der Waals surface area (Å²) in [5, 5.41) is 8.74. The molecule has 0 atom stereocenters. The highest BCUT2D eigenvalue weighted by atomic mass is 16.5. The third kappa shape index (κ3) is 2.10. The van der Waals surface area contributed by atoms with Crippen LogP contribution in [0, 0.1) is 6.92 Å². The van der Waals surface area contributed by atoms with Crippen LogP contribution < -0.4 is 0 Å². The number of aromatic carboxylic acids is 1. The molecular formula is C10H10O4. The summed E-state index contributed by atoms with van der Waals surface area (Å²) < 4.78 is 4.49. The smallest absolute Gasteiger partial charge is 0.337 e. The molecule has 0 amide bonds. The summed E-state index contributed by atoms with van der Waals surface area (Å²) in [6.45, 7) is 1.72. The van der Waals surface area contributed by atoms with Gasteiger partial charge in [0.15, 0.2) is 0 Å². The van der Waals surface area contributed by atoms with Crippen molar-refractivity contribution in [3.63, 3.8) is 0 Å². The maximum Gasteiger partial charge on any atom is 0.337 e. The number of esters is 1. The van der Waals surface area contributed by atoms with Crippen LogP contribution in [0.2, 0.25) is 0 Å². The summed E-state index contributed by atoms with van der Waals surface area (Å²) in [4.78, 5) is 21.8. The molecule has 0 saturated carbocycles. The number of rotatable bonds is 2. The summed E-state index contributed by atoms with van der Waals surface area (Å²) in [6.07, 6.45) is 0. The molecule has 0 fully saturated rings. The standard InChI is InChI=1S/C10H10O4/c1-6-3-7(9(11)12)5-8(4-6)10(13)14-2/h3-5H,1-2H3,(H,11,12). The molecule has 0 radical (unpaired) electrons. The predicted octanol–water partition coefficient (Wildman–Crippen LogP) is 1.48. The second-order valence-corrected chi connectivity index (χ2v) is 2.88. The summed E-state index contributed by atoms with van der Waals surface area (Å²) >= 11 is 0. The fourth-order valence-corrected chi connectivity index (χ4v) is 1.14. The summed E-state index contributed by atoms with van der Waals surface area (Å²) in [7, 11) is 1.26. The fourth-order valence-electron chi connectivity index (χ4n) is 1.14. The molecule has 1 aromatic carbocycles. The molecule has 0 aliphatic carbocycles. The second-order valence-electron chi connectivity index (χ2n) is 2.88. The molecule has 0 heterocycles. The van der Waals surface area contributed by atoms with Gasteiger partial charge < -0.3 is 9.84 Å². The first-order chi connectivity index (χ1) is 6.54. The molecule has 0 saturated heterocycles. The van der Waals surface area contributed by atoms with Crippen molar-refractivity contribution in [2.75, 3.05) is 7.11 Å². The summed E-state index contributed by atoms with van der Waals surface area (Å²) in [6, 6.07) is 4.37. The van der Waals surface area contributed by atoms with E-state index in [2.05, 4.69) is 4.74 Å². The Hall–Kier alpha value is -1.84. The Morgan fingerprint density at radius 2 is 1.79 bits per heavy atom. The van der Waals surface area contributed by atoms with Crippen LogP contribution in [0.4, 0.5) is 0 Å². The normalized spacial score (nSPS) is 9.57. The zero-order valence-corrected chi connectivity index (χ0v) is 7.90. The van der Waals surface area contributed by atoms with E-state index >= 15 is 0 Å². The Morgan fingerprint density at radius 1 is 1.21 bits per heavy atom. The van der Waals surface area contributed by atoms with Crippen molar-refractivity contribution < 1.29 is 19.4 Å². The van der Waals surface area contributed by atoms with E-state index in [-0.39, 0.29) is 11.1 Å². The van der Waals surface area contributed by atoms with Gasteiger partial charge in [-0.1, -0.05) is 0 Å². The van der Waals surface area contributed by atoms with Crippen LogP contribution in [0.5, 0.6) is 0 Å². The van der Waals surface area contributed by atoms with E-state index in [1.165, 1.54) is 19.2 Å². The van der Waals surface area contributed by atoms with E-state index in [9.17, 15) is 9.59 Å². The molecule has 1 N–H and O–H groups in total. The van der Waals surface area contributed by atoms with Crippen molar-refractivity contribution in [3.8, 4) is 0 Å². The summed E-state index contributed by atoms with van der Waals surface area (Å²) in [5.41, 5.74) is 1.06.